The molecule has 2 heteroatoms. The molecule has 0 atom stereocenters. The Morgan fingerprint density at radius 3 is 2.36 bits per heavy atom. The highest BCUT2D eigenvalue weighted by atomic mass is 16.5. The summed E-state index contributed by atoms with van der Waals surface area (Å²) in [5.74, 6) is 2.91. The van der Waals surface area contributed by atoms with Gasteiger partial charge in [0.1, 0.15) is 0 Å². The van der Waals surface area contributed by atoms with Crippen molar-refractivity contribution >= 4 is 5.69 Å². The highest BCUT2D eigenvalue weighted by molar-refractivity contribution is 5.78. The summed E-state index contributed by atoms with van der Waals surface area (Å²) in [7, 11) is 0. The predicted octanol–water partition coefficient (Wildman–Crippen LogP) is 6.74. The van der Waals surface area contributed by atoms with Crippen molar-refractivity contribution in [3.63, 3.8) is 0 Å². The Balaban J connectivity index is 1.47. The fraction of sp³-hybridized carbons (Fsp3) is 0.538. The SMILES string of the molecule is CCOc1c(N2CCC(CC3CCCCC3)CC2)[c]ccc1-c1ccccc1. The first-order chi connectivity index (χ1) is 13.8. The Hall–Kier alpha value is -1.96. The van der Waals surface area contributed by atoms with E-state index in [1.54, 1.807) is 0 Å². The lowest BCUT2D eigenvalue weighted by molar-refractivity contribution is 0.259. The highest BCUT2D eigenvalue weighted by Crippen LogP contribution is 2.40. The van der Waals surface area contributed by atoms with Crippen LogP contribution in [0.3, 0.4) is 0 Å². The Morgan fingerprint density at radius 2 is 1.64 bits per heavy atom. The van der Waals surface area contributed by atoms with Crippen LogP contribution in [0.15, 0.2) is 42.5 Å². The molecule has 1 aliphatic carbocycles. The average molecular weight is 377 g/mol. The molecule has 4 rings (SSSR count). The van der Waals surface area contributed by atoms with Crippen LogP contribution in [0.5, 0.6) is 5.75 Å². The Bertz CT molecular complexity index is 727. The van der Waals surface area contributed by atoms with Gasteiger partial charge < -0.3 is 9.64 Å². The molecule has 1 saturated heterocycles. The van der Waals surface area contributed by atoms with Crippen LogP contribution < -0.4 is 9.64 Å². The number of nitrogens with zero attached hydrogens (tertiary/aromatic N) is 1. The largest absolute Gasteiger partial charge is 0.491 e. The minimum Gasteiger partial charge on any atom is -0.491 e. The summed E-state index contributed by atoms with van der Waals surface area (Å²) in [6.45, 7) is 5.02. The van der Waals surface area contributed by atoms with Crippen molar-refractivity contribution in [1.29, 1.82) is 0 Å². The molecule has 149 valence electrons. The minimum absolute atomic E-state index is 0.683. The second-order valence-electron chi connectivity index (χ2n) is 8.54. The molecule has 0 amide bonds. The van der Waals surface area contributed by atoms with Crippen LogP contribution in [-0.4, -0.2) is 19.7 Å². The third-order valence-corrected chi connectivity index (χ3v) is 6.63. The van der Waals surface area contributed by atoms with E-state index in [2.05, 4.69) is 60.4 Å². The molecule has 0 N–H and O–H groups in total. The lowest BCUT2D eigenvalue weighted by atomic mass is 9.80. The summed E-state index contributed by atoms with van der Waals surface area (Å²) in [5, 5.41) is 0. The van der Waals surface area contributed by atoms with Crippen LogP contribution >= 0.6 is 0 Å². The van der Waals surface area contributed by atoms with E-state index < -0.39 is 0 Å². The molecule has 1 aliphatic heterocycles. The molecule has 2 aromatic rings. The van der Waals surface area contributed by atoms with E-state index in [0.29, 0.717) is 6.61 Å². The van der Waals surface area contributed by atoms with E-state index in [0.717, 1.165) is 36.4 Å². The third kappa shape index (κ3) is 4.54. The molecular formula is C26H34NO. The first-order valence-corrected chi connectivity index (χ1v) is 11.3. The lowest BCUT2D eigenvalue weighted by Gasteiger charge is -2.36. The molecule has 2 aromatic carbocycles. The maximum atomic E-state index is 6.15. The fourth-order valence-corrected chi connectivity index (χ4v) is 5.13. The zero-order chi connectivity index (χ0) is 19.2. The van der Waals surface area contributed by atoms with Gasteiger partial charge in [0.05, 0.1) is 12.3 Å². The van der Waals surface area contributed by atoms with E-state index in [1.165, 1.54) is 62.5 Å². The molecule has 1 saturated carbocycles. The predicted molar refractivity (Wildman–Crippen MR) is 118 cm³/mol. The Labute approximate surface area is 170 Å². The van der Waals surface area contributed by atoms with E-state index in [-0.39, 0.29) is 0 Å². The molecule has 0 aromatic heterocycles. The van der Waals surface area contributed by atoms with Crippen molar-refractivity contribution in [3.05, 3.63) is 48.5 Å². The van der Waals surface area contributed by atoms with Gasteiger partial charge in [0.25, 0.3) is 0 Å². The molecule has 2 nitrogen and oxygen atoms in total. The van der Waals surface area contributed by atoms with Gasteiger partial charge in [-0.3, -0.25) is 0 Å². The number of hydrogen-bond acceptors (Lipinski definition) is 2. The second-order valence-corrected chi connectivity index (χ2v) is 8.54. The molecule has 1 heterocycles. The van der Waals surface area contributed by atoms with Gasteiger partial charge in [-0.05, 0) is 49.7 Å². The van der Waals surface area contributed by atoms with Crippen LogP contribution in [0.2, 0.25) is 0 Å². The van der Waals surface area contributed by atoms with Gasteiger partial charge in [-0.15, -0.1) is 0 Å². The maximum Gasteiger partial charge on any atom is 0.151 e. The summed E-state index contributed by atoms with van der Waals surface area (Å²) in [6, 6.07) is 18.3. The standard InChI is InChI=1S/C26H34NO/c1-2-28-26-24(23-12-7-4-8-13-23)14-9-15-25(26)27-18-16-22(17-19-27)20-21-10-5-3-6-11-21/h4,7-9,12-14,21-22H,2-3,5-6,10-11,16-20H2,1H3. The van der Waals surface area contributed by atoms with Gasteiger partial charge in [-0.25, -0.2) is 0 Å². The van der Waals surface area contributed by atoms with E-state index >= 15 is 0 Å². The number of ether oxygens (including phenoxy) is 1. The van der Waals surface area contributed by atoms with Gasteiger partial charge in [0.2, 0.25) is 0 Å². The summed E-state index contributed by atoms with van der Waals surface area (Å²) in [6.07, 6.45) is 11.4. The minimum atomic E-state index is 0.683. The number of anilines is 1. The summed E-state index contributed by atoms with van der Waals surface area (Å²) in [5.41, 5.74) is 3.55. The molecule has 2 aliphatic rings. The Kier molecular flexibility index (Phi) is 6.57. The monoisotopic (exact) mass is 376 g/mol. The summed E-state index contributed by atoms with van der Waals surface area (Å²) in [4.78, 5) is 2.51. The molecule has 0 spiro atoms. The molecule has 0 unspecified atom stereocenters. The van der Waals surface area contributed by atoms with Crippen molar-refractivity contribution in [3.8, 4) is 16.9 Å². The highest BCUT2D eigenvalue weighted by Gasteiger charge is 2.26. The number of hydrogen-bond donors (Lipinski definition) is 0. The van der Waals surface area contributed by atoms with Crippen LogP contribution in [0.4, 0.5) is 5.69 Å². The van der Waals surface area contributed by atoms with E-state index in [4.69, 9.17) is 4.74 Å². The number of rotatable bonds is 6. The van der Waals surface area contributed by atoms with Gasteiger partial charge in [-0.2, -0.15) is 0 Å². The maximum absolute atomic E-state index is 6.15. The Morgan fingerprint density at radius 1 is 0.929 bits per heavy atom. The number of piperidine rings is 1. The van der Waals surface area contributed by atoms with Crippen molar-refractivity contribution in [2.75, 3.05) is 24.6 Å². The molecule has 1 radical (unpaired) electrons. The zero-order valence-electron chi connectivity index (χ0n) is 17.3. The lowest BCUT2D eigenvalue weighted by Crippen LogP contribution is -2.34. The van der Waals surface area contributed by atoms with Gasteiger partial charge >= 0.3 is 0 Å². The zero-order valence-corrected chi connectivity index (χ0v) is 17.3. The normalized spacial score (nSPS) is 19.0. The van der Waals surface area contributed by atoms with Gasteiger partial charge in [-0.1, -0.05) is 68.5 Å². The van der Waals surface area contributed by atoms with Crippen molar-refractivity contribution in [2.45, 2.75) is 58.3 Å². The first kappa shape index (κ1) is 19.4. The smallest absolute Gasteiger partial charge is 0.151 e. The quantitative estimate of drug-likeness (QED) is 0.553. The summed E-state index contributed by atoms with van der Waals surface area (Å²) >= 11 is 0. The topological polar surface area (TPSA) is 12.5 Å². The van der Waals surface area contributed by atoms with Gasteiger partial charge in [0.15, 0.2) is 5.75 Å². The molecule has 2 fully saturated rings. The van der Waals surface area contributed by atoms with Crippen LogP contribution in [0, 0.1) is 17.9 Å². The van der Waals surface area contributed by atoms with Crippen molar-refractivity contribution in [2.24, 2.45) is 11.8 Å². The van der Waals surface area contributed by atoms with Crippen LogP contribution in [0.1, 0.15) is 58.3 Å². The number of benzene rings is 2. The molecule has 0 bridgehead atoms. The summed E-state index contributed by atoms with van der Waals surface area (Å²) < 4.78 is 6.15. The second kappa shape index (κ2) is 9.49. The average Bonchev–Trinajstić information content (AvgIpc) is 2.76. The van der Waals surface area contributed by atoms with E-state index in [1.807, 2.05) is 0 Å². The van der Waals surface area contributed by atoms with Crippen molar-refractivity contribution in [1.82, 2.24) is 0 Å². The first-order valence-electron chi connectivity index (χ1n) is 11.3. The molecular weight excluding hydrogens is 342 g/mol. The molecule has 28 heavy (non-hydrogen) atoms. The van der Waals surface area contributed by atoms with E-state index in [9.17, 15) is 0 Å². The van der Waals surface area contributed by atoms with Gasteiger partial charge in [0, 0.05) is 24.7 Å². The fourth-order valence-electron chi connectivity index (χ4n) is 5.13. The van der Waals surface area contributed by atoms with Crippen LogP contribution in [-0.2, 0) is 0 Å². The third-order valence-electron chi connectivity index (χ3n) is 6.63. The van der Waals surface area contributed by atoms with Crippen molar-refractivity contribution < 1.29 is 4.74 Å². The van der Waals surface area contributed by atoms with Crippen LogP contribution in [0.25, 0.3) is 11.1 Å².